The van der Waals surface area contributed by atoms with Gasteiger partial charge in [-0.25, -0.2) is 15.0 Å². The summed E-state index contributed by atoms with van der Waals surface area (Å²) in [5.74, 6) is 0.650. The van der Waals surface area contributed by atoms with Crippen LogP contribution >= 0.6 is 0 Å². The first-order valence-corrected chi connectivity index (χ1v) is 21.3. The number of hydrogen-bond donors (Lipinski definition) is 4. The molecule has 64 heavy (non-hydrogen) atoms. The van der Waals surface area contributed by atoms with Crippen LogP contribution in [0.4, 0.5) is 11.9 Å². The van der Waals surface area contributed by atoms with Gasteiger partial charge in [-0.2, -0.15) is 10.2 Å². The maximum Gasteiger partial charge on any atom is 0.276 e. The zero-order valence-electron chi connectivity index (χ0n) is 36.6. The van der Waals surface area contributed by atoms with Gasteiger partial charge in [0.2, 0.25) is 17.8 Å². The van der Waals surface area contributed by atoms with E-state index in [2.05, 4.69) is 35.7 Å². The number of ether oxygens (including phenoxy) is 3. The predicted molar refractivity (Wildman–Crippen MR) is 240 cm³/mol. The monoisotopic (exact) mass is 872 g/mol. The van der Waals surface area contributed by atoms with Crippen molar-refractivity contribution in [2.75, 3.05) is 57.2 Å². The van der Waals surface area contributed by atoms with E-state index in [0.717, 1.165) is 31.6 Å². The number of benzene rings is 2. The van der Waals surface area contributed by atoms with Crippen LogP contribution in [0, 0.1) is 13.8 Å². The number of rotatable bonds is 18. The lowest BCUT2D eigenvalue weighted by Gasteiger charge is -2.26. The first kappa shape index (κ1) is 43.3. The highest BCUT2D eigenvalue weighted by atomic mass is 16.5. The number of hydrogen-bond acceptors (Lipinski definition) is 12. The average molecular weight is 873 g/mol. The standard InChI is InChI=1S/C44H52N14O6/c1-6-57-33(21-27(3)52-57)41(60)50-43-49-32-24-30(40-46-11-12-47-40)26-35(62-5)37(32)55(43)14-8-9-15-56-38-31(48-44(56)51-42(61)34-22-28(4)53-58(34)7-2)23-29(39(45)59)25-36(38)64-18-10-13-54-16-19-63-20-17-54/h8-9,11-12,21-26H,6-7,10,13-20H2,1-5H3,(H2,45,59)(H,46,47)(H,48,51,61)(H,49,50,60)/b9-8+. The number of primary amides is 1. The van der Waals surface area contributed by atoms with Gasteiger partial charge < -0.3 is 34.1 Å². The van der Waals surface area contributed by atoms with E-state index < -0.39 is 11.8 Å². The van der Waals surface area contributed by atoms with Crippen LogP contribution in [0.1, 0.15) is 63.0 Å². The molecule has 7 aromatic rings. The number of H-pyrrole nitrogens is 1. The quantitative estimate of drug-likeness (QED) is 0.0673. The van der Waals surface area contributed by atoms with Crippen LogP contribution in [0.3, 0.4) is 0 Å². The largest absolute Gasteiger partial charge is 0.494 e. The van der Waals surface area contributed by atoms with E-state index >= 15 is 0 Å². The van der Waals surface area contributed by atoms with Gasteiger partial charge in [0.1, 0.15) is 39.7 Å². The Kier molecular flexibility index (Phi) is 12.8. The molecule has 6 heterocycles. The molecule has 8 rings (SSSR count). The van der Waals surface area contributed by atoms with E-state index in [1.807, 2.05) is 61.1 Å². The molecule has 1 fully saturated rings. The van der Waals surface area contributed by atoms with Crippen LogP contribution in [0.15, 0.2) is 60.9 Å². The molecule has 334 valence electrons. The number of imidazole rings is 3. The third-order valence-electron chi connectivity index (χ3n) is 10.9. The maximum atomic E-state index is 13.9. The molecule has 0 aliphatic carbocycles. The van der Waals surface area contributed by atoms with Crippen molar-refractivity contribution >= 4 is 51.7 Å². The highest BCUT2D eigenvalue weighted by molar-refractivity contribution is 6.05. The zero-order valence-corrected chi connectivity index (χ0v) is 36.6. The number of fused-ring (bicyclic) bond motifs is 2. The molecule has 0 spiro atoms. The van der Waals surface area contributed by atoms with E-state index in [1.165, 1.54) is 0 Å². The van der Waals surface area contributed by atoms with Gasteiger partial charge in [-0.3, -0.25) is 39.3 Å². The molecule has 5 aromatic heterocycles. The van der Waals surface area contributed by atoms with Crippen molar-refractivity contribution in [1.82, 2.24) is 53.5 Å². The molecule has 20 heteroatoms. The highest BCUT2D eigenvalue weighted by Crippen LogP contribution is 2.35. The van der Waals surface area contributed by atoms with Crippen molar-refractivity contribution in [1.29, 1.82) is 0 Å². The second kappa shape index (κ2) is 19.0. The predicted octanol–water partition coefficient (Wildman–Crippen LogP) is 4.80. The number of anilines is 2. The number of allylic oxidation sites excluding steroid dienone is 2. The molecule has 0 bridgehead atoms. The van der Waals surface area contributed by atoms with Gasteiger partial charge in [-0.15, -0.1) is 0 Å². The van der Waals surface area contributed by atoms with Crippen LogP contribution in [0.5, 0.6) is 11.5 Å². The first-order chi connectivity index (χ1) is 31.0. The number of nitrogens with one attached hydrogen (secondary N) is 3. The van der Waals surface area contributed by atoms with E-state index in [-0.39, 0.29) is 36.5 Å². The number of nitrogens with zero attached hydrogens (tertiary/aromatic N) is 10. The lowest BCUT2D eigenvalue weighted by atomic mass is 10.1. The molecule has 0 saturated carbocycles. The van der Waals surface area contributed by atoms with Crippen LogP contribution in [-0.2, 0) is 30.9 Å². The molecule has 5 N–H and O–H groups in total. The Morgan fingerprint density at radius 1 is 0.828 bits per heavy atom. The summed E-state index contributed by atoms with van der Waals surface area (Å²) in [5, 5.41) is 14.9. The number of carbonyl (C=O) groups is 3. The highest BCUT2D eigenvalue weighted by Gasteiger charge is 2.24. The summed E-state index contributed by atoms with van der Waals surface area (Å²) in [5.41, 5.74) is 11.1. The average Bonchev–Trinajstić information content (AvgIpc) is 4.14. The third-order valence-corrected chi connectivity index (χ3v) is 10.9. The Labute approximate surface area is 368 Å². The Bertz CT molecular complexity index is 2840. The Balaban J connectivity index is 1.15. The summed E-state index contributed by atoms with van der Waals surface area (Å²) in [6.07, 6.45) is 7.97. The fourth-order valence-electron chi connectivity index (χ4n) is 7.90. The van der Waals surface area contributed by atoms with Gasteiger partial charge >= 0.3 is 0 Å². The molecule has 3 amide bonds. The van der Waals surface area contributed by atoms with Gasteiger partial charge in [-0.05, 0) is 70.5 Å². The van der Waals surface area contributed by atoms with Crippen molar-refractivity contribution in [2.45, 2.75) is 60.3 Å². The number of morpholine rings is 1. The molecule has 0 radical (unpaired) electrons. The SMILES string of the molecule is CCn1nc(C)cc1C(=O)Nc1nc2cc(-c3ncc[nH]3)cc(OC)c2n1C/C=C/Cn1c(NC(=O)c2cc(C)nn2CC)nc2cc(C(N)=O)cc(OCCCN3CCOCC3)c21. The summed E-state index contributed by atoms with van der Waals surface area (Å²) in [6.45, 7) is 13.2. The molecule has 1 aliphatic heterocycles. The molecule has 1 aliphatic rings. The van der Waals surface area contributed by atoms with Crippen LogP contribution < -0.4 is 25.8 Å². The zero-order chi connectivity index (χ0) is 44.9. The molecule has 0 atom stereocenters. The summed E-state index contributed by atoms with van der Waals surface area (Å²) in [7, 11) is 1.58. The summed E-state index contributed by atoms with van der Waals surface area (Å²) >= 11 is 0. The summed E-state index contributed by atoms with van der Waals surface area (Å²) in [4.78, 5) is 59.8. The number of aryl methyl sites for hydroxylation is 4. The number of carbonyl (C=O) groups excluding carboxylic acids is 3. The second-order valence-corrected chi connectivity index (χ2v) is 15.3. The van der Waals surface area contributed by atoms with E-state index in [0.29, 0.717) is 95.1 Å². The molecule has 20 nitrogen and oxygen atoms in total. The normalized spacial score (nSPS) is 13.3. The van der Waals surface area contributed by atoms with Crippen molar-refractivity contribution in [3.8, 4) is 22.9 Å². The Hall–Kier alpha value is -7.32. The maximum absolute atomic E-state index is 13.9. The molecule has 0 unspecified atom stereocenters. The van der Waals surface area contributed by atoms with E-state index in [1.54, 1.807) is 53.1 Å². The minimum atomic E-state index is -0.640. The van der Waals surface area contributed by atoms with Crippen molar-refractivity contribution in [3.05, 3.63) is 89.3 Å². The van der Waals surface area contributed by atoms with Gasteiger partial charge in [0, 0.05) is 69.3 Å². The van der Waals surface area contributed by atoms with Crippen molar-refractivity contribution in [3.63, 3.8) is 0 Å². The van der Waals surface area contributed by atoms with Crippen LogP contribution in [0.2, 0.25) is 0 Å². The topological polar surface area (TPSA) is 232 Å². The third kappa shape index (κ3) is 9.09. The number of aromatic amines is 1. The number of nitrogens with two attached hydrogens (primary N) is 1. The number of methoxy groups -OCH3 is 1. The van der Waals surface area contributed by atoms with Crippen LogP contribution in [-0.4, -0.2) is 118 Å². The fraction of sp³-hybridized carbons (Fsp3) is 0.364. The van der Waals surface area contributed by atoms with Gasteiger partial charge in [0.25, 0.3) is 11.8 Å². The van der Waals surface area contributed by atoms with E-state index in [4.69, 9.17) is 29.9 Å². The Morgan fingerprint density at radius 2 is 1.42 bits per heavy atom. The summed E-state index contributed by atoms with van der Waals surface area (Å²) < 4.78 is 24.8. The Morgan fingerprint density at radius 3 is 1.97 bits per heavy atom. The van der Waals surface area contributed by atoms with Gasteiger partial charge in [0.05, 0.1) is 49.4 Å². The second-order valence-electron chi connectivity index (χ2n) is 15.3. The minimum absolute atomic E-state index is 0.210. The number of aromatic nitrogens is 10. The lowest BCUT2D eigenvalue weighted by Crippen LogP contribution is -2.37. The number of amides is 3. The van der Waals surface area contributed by atoms with Gasteiger partial charge in [-0.1, -0.05) is 12.2 Å². The molecule has 1 saturated heterocycles. The van der Waals surface area contributed by atoms with Crippen LogP contribution in [0.25, 0.3) is 33.5 Å². The van der Waals surface area contributed by atoms with Gasteiger partial charge in [0.15, 0.2) is 0 Å². The fourth-order valence-corrected chi connectivity index (χ4v) is 7.90. The smallest absolute Gasteiger partial charge is 0.276 e. The molecular weight excluding hydrogens is 821 g/mol. The van der Waals surface area contributed by atoms with E-state index in [9.17, 15) is 14.4 Å². The van der Waals surface area contributed by atoms with Crippen molar-refractivity contribution < 1.29 is 28.6 Å². The minimum Gasteiger partial charge on any atom is -0.494 e. The summed E-state index contributed by atoms with van der Waals surface area (Å²) in [6, 6.07) is 10.4. The lowest BCUT2D eigenvalue weighted by molar-refractivity contribution is 0.0358. The first-order valence-electron chi connectivity index (χ1n) is 21.3. The molecular formula is C44H52N14O6. The van der Waals surface area contributed by atoms with Crippen molar-refractivity contribution in [2.24, 2.45) is 5.73 Å². The molecule has 2 aromatic carbocycles.